The molecule has 0 saturated heterocycles. The van der Waals surface area contributed by atoms with Crippen molar-refractivity contribution in [3.63, 3.8) is 0 Å². The van der Waals surface area contributed by atoms with Crippen LogP contribution in [0.2, 0.25) is 0 Å². The van der Waals surface area contributed by atoms with Gasteiger partial charge in [-0.15, -0.1) is 0 Å². The first kappa shape index (κ1) is 12.3. The molecule has 0 spiro atoms. The number of hydrogen-bond donors (Lipinski definition) is 1. The lowest BCUT2D eigenvalue weighted by molar-refractivity contribution is 0.142. The van der Waals surface area contributed by atoms with Crippen LogP contribution in [0.4, 0.5) is 4.79 Å². The summed E-state index contributed by atoms with van der Waals surface area (Å²) >= 11 is 0. The third kappa shape index (κ3) is 2.11. The molecular weight excluding hydrogens is 262 g/mol. The van der Waals surface area contributed by atoms with Crippen LogP contribution in [0.3, 0.4) is 0 Å². The van der Waals surface area contributed by atoms with Crippen LogP contribution in [-0.2, 0) is 0 Å². The normalized spacial score (nSPS) is 12.2. The molecule has 0 unspecified atom stereocenters. The van der Waals surface area contributed by atoms with E-state index >= 15 is 0 Å². The predicted octanol–water partition coefficient (Wildman–Crippen LogP) is 2.84. The van der Waals surface area contributed by atoms with Crippen molar-refractivity contribution >= 4 is 6.16 Å². The summed E-state index contributed by atoms with van der Waals surface area (Å²) in [5.41, 5.74) is 2.35. The van der Waals surface area contributed by atoms with Gasteiger partial charge in [0.2, 0.25) is 12.7 Å². The van der Waals surface area contributed by atoms with Gasteiger partial charge in [-0.3, -0.25) is 0 Å². The van der Waals surface area contributed by atoms with Crippen LogP contribution in [0.15, 0.2) is 30.5 Å². The summed E-state index contributed by atoms with van der Waals surface area (Å²) in [6, 6.07) is 7.33. The summed E-state index contributed by atoms with van der Waals surface area (Å²) in [7, 11) is 0. The number of fused-ring (bicyclic) bond motifs is 1. The van der Waals surface area contributed by atoms with Crippen LogP contribution >= 0.6 is 0 Å². The summed E-state index contributed by atoms with van der Waals surface area (Å²) in [5.74, 6) is 1.44. The molecule has 1 aliphatic heterocycles. The fourth-order valence-electron chi connectivity index (χ4n) is 2.08. The summed E-state index contributed by atoms with van der Waals surface area (Å²) in [6.07, 6.45) is 0.119. The van der Waals surface area contributed by atoms with Gasteiger partial charge in [-0.25, -0.2) is 9.78 Å². The Kier molecular flexibility index (Phi) is 2.90. The van der Waals surface area contributed by atoms with Gasteiger partial charge >= 0.3 is 6.16 Å². The minimum Gasteiger partial charge on any atom is -0.454 e. The SMILES string of the molecule is Cc1c(-c2ccc3c(c2)OCO3)ccnc1OC(=O)O. The van der Waals surface area contributed by atoms with Crippen LogP contribution in [0.25, 0.3) is 11.1 Å². The molecule has 2 aromatic rings. The highest BCUT2D eigenvalue weighted by Crippen LogP contribution is 2.37. The first-order chi connectivity index (χ1) is 9.65. The first-order valence-corrected chi connectivity index (χ1v) is 5.91. The zero-order valence-corrected chi connectivity index (χ0v) is 10.6. The van der Waals surface area contributed by atoms with Crippen molar-refractivity contribution in [1.29, 1.82) is 0 Å². The Bertz CT molecular complexity index is 683. The molecule has 0 saturated carbocycles. The molecule has 102 valence electrons. The monoisotopic (exact) mass is 273 g/mol. The van der Waals surface area contributed by atoms with Gasteiger partial charge in [-0.2, -0.15) is 0 Å². The Balaban J connectivity index is 2.04. The Labute approximate surface area is 114 Å². The fourth-order valence-corrected chi connectivity index (χ4v) is 2.08. The third-order valence-corrected chi connectivity index (χ3v) is 3.03. The number of carboxylic acid groups (broad SMARTS) is 1. The van der Waals surface area contributed by atoms with Crippen molar-refractivity contribution in [3.8, 4) is 28.5 Å². The molecule has 0 amide bonds. The van der Waals surface area contributed by atoms with Crippen molar-refractivity contribution < 1.29 is 24.1 Å². The Morgan fingerprint density at radius 3 is 2.90 bits per heavy atom. The molecule has 0 fully saturated rings. The molecule has 20 heavy (non-hydrogen) atoms. The average Bonchev–Trinajstić information content (AvgIpc) is 2.88. The second-order valence-electron chi connectivity index (χ2n) is 4.22. The predicted molar refractivity (Wildman–Crippen MR) is 69.2 cm³/mol. The maximum absolute atomic E-state index is 10.6. The zero-order valence-electron chi connectivity index (χ0n) is 10.6. The van der Waals surface area contributed by atoms with Crippen LogP contribution in [0.5, 0.6) is 17.4 Å². The molecule has 1 aliphatic rings. The van der Waals surface area contributed by atoms with Crippen LogP contribution in [0, 0.1) is 6.92 Å². The van der Waals surface area contributed by atoms with E-state index in [1.165, 1.54) is 6.20 Å². The van der Waals surface area contributed by atoms with E-state index in [-0.39, 0.29) is 12.7 Å². The quantitative estimate of drug-likeness (QED) is 0.848. The van der Waals surface area contributed by atoms with E-state index in [1.807, 2.05) is 18.2 Å². The summed E-state index contributed by atoms with van der Waals surface area (Å²) < 4.78 is 15.2. The summed E-state index contributed by atoms with van der Waals surface area (Å²) in [5, 5.41) is 8.68. The minimum absolute atomic E-state index is 0.0765. The maximum Gasteiger partial charge on any atom is 0.512 e. The van der Waals surface area contributed by atoms with Crippen LogP contribution in [-0.4, -0.2) is 23.0 Å². The molecule has 0 aliphatic carbocycles. The maximum atomic E-state index is 10.6. The number of nitrogens with zero attached hydrogens (tertiary/aromatic N) is 1. The number of ether oxygens (including phenoxy) is 3. The van der Waals surface area contributed by atoms with Crippen molar-refractivity contribution in [3.05, 3.63) is 36.0 Å². The largest absolute Gasteiger partial charge is 0.512 e. The van der Waals surface area contributed by atoms with E-state index in [0.717, 1.165) is 11.1 Å². The van der Waals surface area contributed by atoms with Gasteiger partial charge in [0.15, 0.2) is 11.5 Å². The van der Waals surface area contributed by atoms with Crippen LogP contribution < -0.4 is 14.2 Å². The van der Waals surface area contributed by atoms with E-state index in [0.29, 0.717) is 17.1 Å². The van der Waals surface area contributed by atoms with Crippen molar-refractivity contribution in [2.75, 3.05) is 6.79 Å². The molecule has 0 bridgehead atoms. The van der Waals surface area contributed by atoms with Gasteiger partial charge in [-0.1, -0.05) is 6.07 Å². The van der Waals surface area contributed by atoms with Crippen LogP contribution in [0.1, 0.15) is 5.56 Å². The number of hydrogen-bond acceptors (Lipinski definition) is 5. The fraction of sp³-hybridized carbons (Fsp3) is 0.143. The topological polar surface area (TPSA) is 77.9 Å². The number of aromatic nitrogens is 1. The second-order valence-corrected chi connectivity index (χ2v) is 4.22. The Morgan fingerprint density at radius 2 is 2.10 bits per heavy atom. The van der Waals surface area contributed by atoms with Gasteiger partial charge in [0.1, 0.15) is 0 Å². The lowest BCUT2D eigenvalue weighted by Gasteiger charge is -2.09. The molecule has 6 heteroatoms. The van der Waals surface area contributed by atoms with Crippen molar-refractivity contribution in [2.24, 2.45) is 0 Å². The zero-order chi connectivity index (χ0) is 14.1. The number of pyridine rings is 1. The van der Waals surface area contributed by atoms with Gasteiger partial charge in [0, 0.05) is 11.8 Å². The first-order valence-electron chi connectivity index (χ1n) is 5.91. The smallest absolute Gasteiger partial charge is 0.454 e. The second kappa shape index (κ2) is 4.73. The molecule has 6 nitrogen and oxygen atoms in total. The Hall–Kier alpha value is -2.76. The molecular formula is C14H11NO5. The standard InChI is InChI=1S/C14H11NO5/c1-8-10(4-5-15-13(8)20-14(16)17)9-2-3-11-12(6-9)19-7-18-11/h2-6H,7H2,1H3,(H,16,17). The molecule has 1 aromatic heterocycles. The number of rotatable bonds is 2. The van der Waals surface area contributed by atoms with E-state index in [1.54, 1.807) is 13.0 Å². The van der Waals surface area contributed by atoms with E-state index < -0.39 is 6.16 Å². The van der Waals surface area contributed by atoms with E-state index in [9.17, 15) is 4.79 Å². The number of benzene rings is 1. The van der Waals surface area contributed by atoms with Gasteiger partial charge in [0.25, 0.3) is 0 Å². The molecule has 2 heterocycles. The summed E-state index contributed by atoms with van der Waals surface area (Å²) in [6.45, 7) is 1.96. The molecule has 1 N–H and O–H groups in total. The van der Waals surface area contributed by atoms with Gasteiger partial charge < -0.3 is 19.3 Å². The molecule has 0 radical (unpaired) electrons. The Morgan fingerprint density at radius 1 is 1.30 bits per heavy atom. The van der Waals surface area contributed by atoms with Gasteiger partial charge in [0.05, 0.1) is 0 Å². The highest BCUT2D eigenvalue weighted by atomic mass is 16.7. The van der Waals surface area contributed by atoms with E-state index in [4.69, 9.17) is 14.6 Å². The van der Waals surface area contributed by atoms with Crippen molar-refractivity contribution in [1.82, 2.24) is 4.98 Å². The summed E-state index contributed by atoms with van der Waals surface area (Å²) in [4.78, 5) is 14.5. The molecule has 0 atom stereocenters. The minimum atomic E-state index is -1.39. The average molecular weight is 273 g/mol. The number of carbonyl (C=O) groups is 1. The lowest BCUT2D eigenvalue weighted by Crippen LogP contribution is -2.06. The van der Waals surface area contributed by atoms with E-state index in [2.05, 4.69) is 9.72 Å². The van der Waals surface area contributed by atoms with Gasteiger partial charge in [-0.05, 0) is 36.2 Å². The molecule has 3 rings (SSSR count). The lowest BCUT2D eigenvalue weighted by atomic mass is 10.0. The molecule has 1 aromatic carbocycles. The third-order valence-electron chi connectivity index (χ3n) is 3.03. The highest BCUT2D eigenvalue weighted by Gasteiger charge is 2.16. The highest BCUT2D eigenvalue weighted by molar-refractivity contribution is 5.72. The van der Waals surface area contributed by atoms with Crippen molar-refractivity contribution in [2.45, 2.75) is 6.92 Å².